The molecule has 632 valence electrons. The van der Waals surface area contributed by atoms with Crippen molar-refractivity contribution in [1.29, 1.82) is 4.78 Å². The predicted octanol–water partition coefficient (Wildman–Crippen LogP) is 9.22. The molecule has 121 heavy (non-hydrogen) atoms. The summed E-state index contributed by atoms with van der Waals surface area (Å²) in [4.78, 5) is 55.6. The third-order valence-electron chi connectivity index (χ3n) is 15.1. The third-order valence-corrected chi connectivity index (χ3v) is 17.0. The van der Waals surface area contributed by atoms with Crippen LogP contribution in [0.1, 0.15) is 30.6 Å². The smallest absolute Gasteiger partial charge is 0.510 e. The molecule has 35 nitrogen and oxygen atoms in total. The van der Waals surface area contributed by atoms with E-state index in [9.17, 15) is 66.3 Å². The summed E-state index contributed by atoms with van der Waals surface area (Å²) in [7, 11) is -4.57. The standard InChI is InChI=1S/C12H11NO2.C12H12NO.C11H11NO3S.C11H11NO.C10H11NO7S.C9H9NO4.C8H11N2OS.C7H6N4OS.Na.O3S/c1-8(14)13-11-6-7-12(15)10-5-3-2-4-9(10)11;1-13(2)11-7-8-12(14)10-6-4-3-5-9(10)11;1-16(14,15)12-10-6-7-11(13)9-5-3-2-4-8(9)10;1-12-10-6-7-11(13)9-5-3-2-4-8(9)10;1-19(16,17)11-6-2-3-7(12)8(4-6)18-10(15)5-9(13)14;1-5(11)10-6-2-3-8(12)7(4-6)9(13)14;1-12(9)6-10-7-2-4-8(11)5-3-7;12-6-3-1-5(2-4-6)11-7(13)8-9-10-11;;1-4(2)3/h2-7,15H,1H3,(H,13,14);4-8,14H,1-2H3;2-7,12-13H,1H3;2-7,12-13H,1H3;2-4,11-12H,5H2,1H3,(H,13,14);2-4,12H,1H3,(H,10,11)(H,13,14);2-6,9-11H,1H3;1-4,12H,(H,8,10,13);;/q;-1;;;;;-1;;+1;. The maximum absolute atomic E-state index is 11.2. The number of ether oxygens (including phenoxy) is 1. The van der Waals surface area contributed by atoms with Crippen LogP contribution in [0.15, 0.2) is 224 Å². The SMILES string of the molecule is CC(=O)Nc1ccc(O)c(C(=O)O)c1.CC(=O)Nc1ccc(O)c2ccccc12.CN(C)c1ccc(O)c2cc[c-]cc12.CNc1ccc(O)c2ccccc12.CS(=O)(=O)Nc1ccc(O)c(OC(=O)CC(=O)O)c1.CS(=O)(=O)Nc1ccc(O)c2ccccc12.C[S-](=N)=CNc1ccc(O)cc1.O=S(=O)=O.Oc1ccc(-n2[nH]nnc2=S)cc1.[Na+]. The number of tetrazole rings is 1. The summed E-state index contributed by atoms with van der Waals surface area (Å²) in [5, 5.41) is 120. The molecule has 13 rings (SSSR count). The van der Waals surface area contributed by atoms with Gasteiger partial charge in [-0.1, -0.05) is 88.5 Å². The summed E-state index contributed by atoms with van der Waals surface area (Å²) in [6.07, 6.45) is 2.95. The van der Waals surface area contributed by atoms with Crippen LogP contribution in [0.3, 0.4) is 0 Å². The second kappa shape index (κ2) is 48.2. The Hall–Kier alpha value is -13.7. The molecule has 0 fully saturated rings. The molecular weight excluding hydrogens is 1680 g/mol. The number of aromatic amines is 1. The number of benzene rings is 12. The number of nitrogens with zero attached hydrogens (tertiary/aromatic N) is 4. The number of carboxylic acids is 2. The maximum Gasteiger partial charge on any atom is 1.00 e. The van der Waals surface area contributed by atoms with Gasteiger partial charge < -0.3 is 97.0 Å². The first-order chi connectivity index (χ1) is 56.5. The van der Waals surface area contributed by atoms with Crippen LogP contribution in [-0.4, -0.2) is 176 Å². The molecule has 1 aromatic heterocycles. The molecule has 1 heterocycles. The third kappa shape index (κ3) is 34.4. The van der Waals surface area contributed by atoms with Gasteiger partial charge in [0.25, 0.3) is 0 Å². The number of H-pyrrole nitrogens is 1. The van der Waals surface area contributed by atoms with Crippen molar-refractivity contribution in [3.63, 3.8) is 0 Å². The molecule has 0 bridgehead atoms. The van der Waals surface area contributed by atoms with Crippen molar-refractivity contribution >= 4 is 171 Å². The first-order valence-corrected chi connectivity index (χ1v) is 41.2. The molecule has 0 atom stereocenters. The van der Waals surface area contributed by atoms with E-state index >= 15 is 0 Å². The normalized spacial score (nSPS) is 10.4. The van der Waals surface area contributed by atoms with Gasteiger partial charge in [-0.25, -0.2) is 26.3 Å². The van der Waals surface area contributed by atoms with Crippen molar-refractivity contribution < 1.29 is 139 Å². The van der Waals surface area contributed by atoms with Gasteiger partial charge in [-0.3, -0.25) is 28.6 Å². The summed E-state index contributed by atoms with van der Waals surface area (Å²) in [6.45, 7) is 2.77. The van der Waals surface area contributed by atoms with Crippen molar-refractivity contribution in [2.75, 3.05) is 75.5 Å². The van der Waals surface area contributed by atoms with Gasteiger partial charge in [-0.15, -0.1) is 29.8 Å². The molecule has 0 aliphatic rings. The van der Waals surface area contributed by atoms with Gasteiger partial charge in [0.05, 0.1) is 35.3 Å². The monoisotopic (exact) mass is 1760 g/mol. The second-order valence-electron chi connectivity index (χ2n) is 24.6. The van der Waals surface area contributed by atoms with Crippen LogP contribution in [-0.2, 0) is 60.1 Å². The molecule has 13 aromatic rings. The van der Waals surface area contributed by atoms with Gasteiger partial charge in [0.1, 0.15) is 46.5 Å². The van der Waals surface area contributed by atoms with Crippen molar-refractivity contribution in [2.24, 2.45) is 0 Å². The molecular formula is C80H82N12NaO23S5-. The van der Waals surface area contributed by atoms with Gasteiger partial charge in [-0.2, -0.15) is 29.5 Å². The van der Waals surface area contributed by atoms with Crippen LogP contribution in [0.4, 0.5) is 39.8 Å². The fraction of sp³-hybridized carbons (Fsp3) is 0.113. The minimum Gasteiger partial charge on any atom is -0.510 e. The Morgan fingerprint density at radius 2 is 0.992 bits per heavy atom. The van der Waals surface area contributed by atoms with E-state index in [0.29, 0.717) is 38.4 Å². The number of hydrogen-bond acceptors (Lipinski definition) is 28. The molecule has 0 aliphatic carbocycles. The zero-order valence-electron chi connectivity index (χ0n) is 65.8. The number of phenolic OH excluding ortho intramolecular Hbond substituents is 7. The van der Waals surface area contributed by atoms with E-state index in [0.717, 1.165) is 85.4 Å². The number of hydrogen-bond donors (Lipinski definition) is 18. The van der Waals surface area contributed by atoms with Gasteiger partial charge in [0.15, 0.2) is 11.5 Å². The molecule has 0 spiro atoms. The average Bonchev–Trinajstić information content (AvgIpc) is 1.02. The number of carboxylic acid groups (broad SMARTS) is 2. The Bertz CT molecular complexity index is 6300. The number of aromatic hydroxyl groups is 8. The van der Waals surface area contributed by atoms with Gasteiger partial charge in [-0.05, 0) is 145 Å². The molecule has 0 unspecified atom stereocenters. The van der Waals surface area contributed by atoms with Gasteiger partial charge in [0, 0.05) is 96.1 Å². The van der Waals surface area contributed by atoms with E-state index in [1.54, 1.807) is 115 Å². The Kier molecular flexibility index (Phi) is 39.7. The first-order valence-electron chi connectivity index (χ1n) is 34.3. The Labute approximate surface area is 723 Å². The summed E-state index contributed by atoms with van der Waals surface area (Å²) in [5.41, 5.74) is 6.86. The number of fused-ring (bicyclic) bond motifs is 4. The van der Waals surface area contributed by atoms with E-state index in [-0.39, 0.29) is 87.1 Å². The average molecular weight is 1760 g/mol. The number of aliphatic carboxylic acids is 1. The van der Waals surface area contributed by atoms with Crippen LogP contribution in [0.25, 0.3) is 48.8 Å². The first kappa shape index (κ1) is 99.6. The van der Waals surface area contributed by atoms with Crippen molar-refractivity contribution in [3.05, 3.63) is 241 Å². The number of carbonyl (C=O) groups excluding carboxylic acids is 3. The predicted molar refractivity (Wildman–Crippen MR) is 463 cm³/mol. The number of sulfonamides is 2. The van der Waals surface area contributed by atoms with Crippen LogP contribution in [0, 0.1) is 15.6 Å². The minimum atomic E-state index is -3.52. The van der Waals surface area contributed by atoms with E-state index in [4.69, 9.17) is 55.2 Å². The number of aromatic nitrogens is 4. The summed E-state index contributed by atoms with van der Waals surface area (Å²) >= 11 is 4.90. The molecule has 0 saturated heterocycles. The number of rotatable bonds is 15. The summed E-state index contributed by atoms with van der Waals surface area (Å²) in [5.74, 6) is -3.74. The zero-order valence-corrected chi connectivity index (χ0v) is 71.8. The number of phenols is 8. The molecule has 12 aromatic carbocycles. The molecule has 41 heteroatoms. The van der Waals surface area contributed by atoms with E-state index in [2.05, 4.69) is 57.0 Å². The van der Waals surface area contributed by atoms with E-state index < -0.39 is 71.0 Å². The number of amides is 2. The number of nitrogens with one attached hydrogen (secondary N) is 8. The van der Waals surface area contributed by atoms with Crippen LogP contribution in [0.2, 0.25) is 0 Å². The van der Waals surface area contributed by atoms with Gasteiger partial charge >= 0.3 is 58.1 Å². The van der Waals surface area contributed by atoms with Crippen LogP contribution in [0.5, 0.6) is 51.7 Å². The molecule has 0 radical (unpaired) electrons. The Morgan fingerprint density at radius 1 is 0.562 bits per heavy atom. The number of anilines is 7. The van der Waals surface area contributed by atoms with E-state index in [1.165, 1.54) is 48.9 Å². The van der Waals surface area contributed by atoms with E-state index in [1.807, 2.05) is 105 Å². The van der Waals surface area contributed by atoms with Crippen molar-refractivity contribution in [1.82, 2.24) is 20.2 Å². The van der Waals surface area contributed by atoms with Crippen LogP contribution < -0.4 is 69.9 Å². The van der Waals surface area contributed by atoms with Crippen LogP contribution >= 0.6 is 12.2 Å². The molecule has 18 N–H and O–H groups in total. The summed E-state index contributed by atoms with van der Waals surface area (Å²) in [6, 6.07) is 64.9. The molecule has 0 saturated carbocycles. The van der Waals surface area contributed by atoms with Gasteiger partial charge in [0.2, 0.25) is 36.6 Å². The number of esters is 1. The zero-order chi connectivity index (χ0) is 89.1. The van der Waals surface area contributed by atoms with Crippen molar-refractivity contribution in [3.8, 4) is 57.4 Å². The topological polar surface area (TPSA) is 562 Å². The number of aromatic carboxylic acids is 1. The maximum atomic E-state index is 11.2. The van der Waals surface area contributed by atoms with Crippen molar-refractivity contribution in [2.45, 2.75) is 20.3 Å². The second-order valence-corrected chi connectivity index (χ2v) is 30.3. The quantitative estimate of drug-likeness (QED) is 0.00664. The Balaban J connectivity index is 0.000000289. The fourth-order valence-electron chi connectivity index (χ4n) is 10.1. The summed E-state index contributed by atoms with van der Waals surface area (Å²) < 4.78 is 87.9. The number of carbonyl (C=O) groups is 5. The Morgan fingerprint density at radius 3 is 1.45 bits per heavy atom. The molecule has 0 aliphatic heterocycles. The fourth-order valence-corrected chi connectivity index (χ4v) is 11.7. The largest absolute Gasteiger partial charge is 1.00 e. The molecule has 2 amide bonds. The minimum absolute atomic E-state index is 0.